The molecule has 0 amide bonds. The molecular formula is C18H29N. The first-order valence-electron chi connectivity index (χ1n) is 7.86. The van der Waals surface area contributed by atoms with Crippen molar-refractivity contribution in [3.8, 4) is 0 Å². The lowest BCUT2D eigenvalue weighted by atomic mass is 9.55. The van der Waals surface area contributed by atoms with Gasteiger partial charge in [0.15, 0.2) is 0 Å². The standard InChI is InChI=1S/C18H29N/c1-5-10-19-13-18(11-16(12-18)14(2)3)17-9-7-6-8-15(17)4/h6-9,14,16,19H,5,10-13H2,1-4H3. The van der Waals surface area contributed by atoms with Gasteiger partial charge in [-0.3, -0.25) is 0 Å². The fourth-order valence-electron chi connectivity index (χ4n) is 3.55. The average molecular weight is 259 g/mol. The van der Waals surface area contributed by atoms with E-state index in [0.29, 0.717) is 5.41 Å². The molecule has 1 nitrogen and oxygen atoms in total. The minimum Gasteiger partial charge on any atom is -0.316 e. The van der Waals surface area contributed by atoms with Crippen molar-refractivity contribution in [1.29, 1.82) is 0 Å². The molecule has 1 aromatic rings. The van der Waals surface area contributed by atoms with Crippen molar-refractivity contribution >= 4 is 0 Å². The zero-order valence-electron chi connectivity index (χ0n) is 13.0. The number of hydrogen-bond acceptors (Lipinski definition) is 1. The second kappa shape index (κ2) is 6.09. The number of rotatable bonds is 6. The predicted molar refractivity (Wildman–Crippen MR) is 83.6 cm³/mol. The Hall–Kier alpha value is -0.820. The van der Waals surface area contributed by atoms with E-state index in [2.05, 4.69) is 57.3 Å². The molecule has 0 aliphatic heterocycles. The summed E-state index contributed by atoms with van der Waals surface area (Å²) in [6.07, 6.45) is 3.93. The van der Waals surface area contributed by atoms with Gasteiger partial charge in [0.05, 0.1) is 0 Å². The molecule has 1 aliphatic rings. The highest BCUT2D eigenvalue weighted by Gasteiger charge is 2.46. The van der Waals surface area contributed by atoms with E-state index in [1.165, 1.54) is 24.8 Å². The van der Waals surface area contributed by atoms with Gasteiger partial charge in [-0.15, -0.1) is 0 Å². The van der Waals surface area contributed by atoms with Crippen molar-refractivity contribution in [2.75, 3.05) is 13.1 Å². The minimum absolute atomic E-state index is 0.398. The SMILES string of the molecule is CCCNCC1(c2ccccc2C)CC(C(C)C)C1. The van der Waals surface area contributed by atoms with Crippen molar-refractivity contribution in [2.45, 2.75) is 52.4 Å². The Balaban J connectivity index is 2.15. The molecule has 0 radical (unpaired) electrons. The first-order valence-corrected chi connectivity index (χ1v) is 7.86. The fraction of sp³-hybridized carbons (Fsp3) is 0.667. The molecule has 1 saturated carbocycles. The Morgan fingerprint density at radius 2 is 1.95 bits per heavy atom. The van der Waals surface area contributed by atoms with Crippen LogP contribution < -0.4 is 5.32 Å². The molecule has 0 heterocycles. The summed E-state index contributed by atoms with van der Waals surface area (Å²) in [5.74, 6) is 1.73. The molecule has 1 heteroatoms. The Kier molecular flexibility index (Phi) is 4.67. The summed E-state index contributed by atoms with van der Waals surface area (Å²) in [6, 6.07) is 8.97. The summed E-state index contributed by atoms with van der Waals surface area (Å²) in [6.45, 7) is 11.5. The van der Waals surface area contributed by atoms with Crippen LogP contribution in [0.4, 0.5) is 0 Å². The van der Waals surface area contributed by atoms with Gasteiger partial charge in [0.2, 0.25) is 0 Å². The Labute approximate surface area is 118 Å². The summed E-state index contributed by atoms with van der Waals surface area (Å²) in [5.41, 5.74) is 3.44. The number of aryl methyl sites for hydroxylation is 1. The van der Waals surface area contributed by atoms with E-state index < -0.39 is 0 Å². The van der Waals surface area contributed by atoms with E-state index in [1.54, 1.807) is 5.56 Å². The van der Waals surface area contributed by atoms with Crippen LogP contribution in [0.3, 0.4) is 0 Å². The third kappa shape index (κ3) is 3.02. The molecule has 0 atom stereocenters. The lowest BCUT2D eigenvalue weighted by molar-refractivity contribution is 0.0973. The van der Waals surface area contributed by atoms with E-state index in [-0.39, 0.29) is 0 Å². The lowest BCUT2D eigenvalue weighted by Crippen LogP contribution is -2.50. The third-order valence-electron chi connectivity index (χ3n) is 4.86. The van der Waals surface area contributed by atoms with E-state index >= 15 is 0 Å². The zero-order valence-corrected chi connectivity index (χ0v) is 13.0. The fourth-order valence-corrected chi connectivity index (χ4v) is 3.55. The Morgan fingerprint density at radius 1 is 1.26 bits per heavy atom. The molecule has 0 saturated heterocycles. The number of nitrogens with one attached hydrogen (secondary N) is 1. The van der Waals surface area contributed by atoms with Crippen LogP contribution in [-0.4, -0.2) is 13.1 Å². The molecule has 1 N–H and O–H groups in total. The number of hydrogen-bond donors (Lipinski definition) is 1. The van der Waals surface area contributed by atoms with E-state index in [9.17, 15) is 0 Å². The highest BCUT2D eigenvalue weighted by atomic mass is 14.9. The van der Waals surface area contributed by atoms with Gasteiger partial charge in [-0.1, -0.05) is 45.0 Å². The second-order valence-electron chi connectivity index (χ2n) is 6.68. The van der Waals surface area contributed by atoms with Crippen LogP contribution in [0.15, 0.2) is 24.3 Å². The summed E-state index contributed by atoms with van der Waals surface area (Å²) in [7, 11) is 0. The van der Waals surface area contributed by atoms with Gasteiger partial charge in [0.25, 0.3) is 0 Å². The maximum Gasteiger partial charge on any atom is 0.00858 e. The quantitative estimate of drug-likeness (QED) is 0.751. The second-order valence-corrected chi connectivity index (χ2v) is 6.68. The number of benzene rings is 1. The van der Waals surface area contributed by atoms with E-state index in [0.717, 1.165) is 24.9 Å². The van der Waals surface area contributed by atoms with Crippen LogP contribution in [0, 0.1) is 18.8 Å². The molecule has 1 aromatic carbocycles. The largest absolute Gasteiger partial charge is 0.316 e. The highest BCUT2D eigenvalue weighted by Crippen LogP contribution is 2.51. The monoisotopic (exact) mass is 259 g/mol. The lowest BCUT2D eigenvalue weighted by Gasteiger charge is -2.51. The Bertz CT molecular complexity index is 402. The molecule has 106 valence electrons. The van der Waals surface area contributed by atoms with Crippen molar-refractivity contribution < 1.29 is 0 Å². The summed E-state index contributed by atoms with van der Waals surface area (Å²) < 4.78 is 0. The van der Waals surface area contributed by atoms with Crippen molar-refractivity contribution in [2.24, 2.45) is 11.8 Å². The first-order chi connectivity index (χ1) is 9.09. The van der Waals surface area contributed by atoms with Gasteiger partial charge in [0, 0.05) is 12.0 Å². The molecule has 0 spiro atoms. The summed E-state index contributed by atoms with van der Waals surface area (Å²) in [4.78, 5) is 0. The first kappa shape index (κ1) is 14.6. The van der Waals surface area contributed by atoms with Crippen molar-refractivity contribution in [3.63, 3.8) is 0 Å². The maximum atomic E-state index is 3.66. The molecule has 1 fully saturated rings. The molecule has 1 aliphatic carbocycles. The van der Waals surface area contributed by atoms with Gasteiger partial charge < -0.3 is 5.32 Å². The predicted octanol–water partition coefficient (Wildman–Crippen LogP) is 4.30. The molecule has 2 rings (SSSR count). The van der Waals surface area contributed by atoms with Crippen LogP contribution in [-0.2, 0) is 5.41 Å². The smallest absolute Gasteiger partial charge is 0.00858 e. The van der Waals surface area contributed by atoms with E-state index in [4.69, 9.17) is 0 Å². The molecule has 0 bridgehead atoms. The van der Waals surface area contributed by atoms with Crippen LogP contribution >= 0.6 is 0 Å². The summed E-state index contributed by atoms with van der Waals surface area (Å²) in [5, 5.41) is 3.66. The van der Waals surface area contributed by atoms with Crippen LogP contribution in [0.2, 0.25) is 0 Å². The highest BCUT2D eigenvalue weighted by molar-refractivity contribution is 5.36. The van der Waals surface area contributed by atoms with Gasteiger partial charge in [0.1, 0.15) is 0 Å². The summed E-state index contributed by atoms with van der Waals surface area (Å²) >= 11 is 0. The Morgan fingerprint density at radius 3 is 2.53 bits per heavy atom. The molecule has 19 heavy (non-hydrogen) atoms. The maximum absolute atomic E-state index is 3.66. The molecular weight excluding hydrogens is 230 g/mol. The molecule has 0 aromatic heterocycles. The minimum atomic E-state index is 0.398. The van der Waals surface area contributed by atoms with Crippen molar-refractivity contribution in [3.05, 3.63) is 35.4 Å². The molecule has 0 unspecified atom stereocenters. The van der Waals surface area contributed by atoms with Gasteiger partial charge in [-0.25, -0.2) is 0 Å². The topological polar surface area (TPSA) is 12.0 Å². The average Bonchev–Trinajstić information content (AvgIpc) is 2.33. The van der Waals surface area contributed by atoms with Crippen molar-refractivity contribution in [1.82, 2.24) is 5.32 Å². The van der Waals surface area contributed by atoms with Crippen LogP contribution in [0.25, 0.3) is 0 Å². The van der Waals surface area contributed by atoms with Gasteiger partial charge in [-0.05, 0) is 55.7 Å². The van der Waals surface area contributed by atoms with Gasteiger partial charge in [-0.2, -0.15) is 0 Å². The van der Waals surface area contributed by atoms with Gasteiger partial charge >= 0.3 is 0 Å². The normalized spacial score (nSPS) is 26.5. The third-order valence-corrected chi connectivity index (χ3v) is 4.86. The zero-order chi connectivity index (χ0) is 13.9. The van der Waals surface area contributed by atoms with Crippen LogP contribution in [0.5, 0.6) is 0 Å². The van der Waals surface area contributed by atoms with E-state index in [1.807, 2.05) is 0 Å². The van der Waals surface area contributed by atoms with Crippen LogP contribution in [0.1, 0.15) is 51.2 Å².